The number of aromatic hydroxyl groups is 1. The van der Waals surface area contributed by atoms with E-state index in [9.17, 15) is 23.5 Å². The lowest BCUT2D eigenvalue weighted by molar-refractivity contribution is -0.123. The van der Waals surface area contributed by atoms with Gasteiger partial charge < -0.3 is 15.2 Å². The number of ether oxygens (including phenoxy) is 1. The molecule has 0 saturated heterocycles. The molecule has 2 aromatic carbocycles. The van der Waals surface area contributed by atoms with Crippen molar-refractivity contribution in [2.75, 3.05) is 5.32 Å². The second-order valence-electron chi connectivity index (χ2n) is 5.18. The van der Waals surface area contributed by atoms with Gasteiger partial charge in [0.05, 0.1) is 5.69 Å². The van der Waals surface area contributed by atoms with Gasteiger partial charge in [0.2, 0.25) is 0 Å². The molecule has 0 fully saturated rings. The highest BCUT2D eigenvalue weighted by atomic mass is 19.1. The van der Waals surface area contributed by atoms with Crippen LogP contribution in [-0.2, 0) is 9.53 Å². The molecule has 2 rings (SSSR count). The molecule has 5 nitrogen and oxygen atoms in total. The van der Waals surface area contributed by atoms with Crippen LogP contribution in [0.2, 0.25) is 0 Å². The van der Waals surface area contributed by atoms with Crippen molar-refractivity contribution in [3.63, 3.8) is 0 Å². The van der Waals surface area contributed by atoms with Gasteiger partial charge in [-0.1, -0.05) is 11.6 Å². The molecule has 0 heterocycles. The van der Waals surface area contributed by atoms with Crippen molar-refractivity contribution >= 4 is 17.6 Å². The second kappa shape index (κ2) is 7.08. The molecule has 0 aromatic heterocycles. The quantitative estimate of drug-likeness (QED) is 0.842. The molecule has 1 atom stereocenters. The fourth-order valence-corrected chi connectivity index (χ4v) is 1.92. The highest BCUT2D eigenvalue weighted by Crippen LogP contribution is 2.20. The van der Waals surface area contributed by atoms with Crippen LogP contribution in [0.5, 0.6) is 5.75 Å². The van der Waals surface area contributed by atoms with E-state index in [2.05, 4.69) is 5.32 Å². The van der Waals surface area contributed by atoms with E-state index in [1.165, 1.54) is 19.1 Å². The first-order valence-electron chi connectivity index (χ1n) is 7.04. The highest BCUT2D eigenvalue weighted by Gasteiger charge is 2.22. The molecule has 24 heavy (non-hydrogen) atoms. The minimum atomic E-state index is -1.25. The maximum Gasteiger partial charge on any atom is 0.342 e. The number of amides is 1. The summed E-state index contributed by atoms with van der Waals surface area (Å²) in [5.41, 5.74) is 0.413. The molecule has 0 aliphatic heterocycles. The molecule has 0 radical (unpaired) electrons. The number of aryl methyl sites for hydroxylation is 1. The molecule has 126 valence electrons. The van der Waals surface area contributed by atoms with Gasteiger partial charge in [0.1, 0.15) is 22.9 Å². The third-order valence-electron chi connectivity index (χ3n) is 3.21. The van der Waals surface area contributed by atoms with Crippen molar-refractivity contribution in [1.82, 2.24) is 0 Å². The first-order valence-corrected chi connectivity index (χ1v) is 7.04. The van der Waals surface area contributed by atoms with Crippen molar-refractivity contribution < 1.29 is 28.2 Å². The van der Waals surface area contributed by atoms with Crippen LogP contribution in [0.15, 0.2) is 36.4 Å². The molecule has 7 heteroatoms. The zero-order valence-corrected chi connectivity index (χ0v) is 13.0. The van der Waals surface area contributed by atoms with Gasteiger partial charge >= 0.3 is 5.97 Å². The van der Waals surface area contributed by atoms with E-state index in [0.29, 0.717) is 6.07 Å². The number of phenolic OH excluding ortho intramolecular Hbond substituents is 1. The number of nitrogens with one attached hydrogen (secondary N) is 1. The average molecular weight is 335 g/mol. The third kappa shape index (κ3) is 4.07. The lowest BCUT2D eigenvalue weighted by atomic mass is 10.1. The number of benzene rings is 2. The van der Waals surface area contributed by atoms with Gasteiger partial charge in [-0.2, -0.15) is 0 Å². The van der Waals surface area contributed by atoms with E-state index in [4.69, 9.17) is 4.74 Å². The fraction of sp³-hybridized carbons (Fsp3) is 0.176. The predicted molar refractivity (Wildman–Crippen MR) is 82.7 cm³/mol. The Bertz CT molecular complexity index is 792. The monoisotopic (exact) mass is 335 g/mol. The van der Waals surface area contributed by atoms with Crippen LogP contribution >= 0.6 is 0 Å². The minimum Gasteiger partial charge on any atom is -0.507 e. The molecular formula is C17H15F2NO4. The molecule has 0 spiro atoms. The van der Waals surface area contributed by atoms with Crippen LogP contribution in [0.25, 0.3) is 0 Å². The second-order valence-corrected chi connectivity index (χ2v) is 5.18. The number of anilines is 1. The molecule has 2 N–H and O–H groups in total. The van der Waals surface area contributed by atoms with Gasteiger partial charge in [-0.05, 0) is 38.1 Å². The van der Waals surface area contributed by atoms with Crippen LogP contribution in [0, 0.1) is 18.6 Å². The summed E-state index contributed by atoms with van der Waals surface area (Å²) in [4.78, 5) is 24.0. The van der Waals surface area contributed by atoms with Gasteiger partial charge in [0.15, 0.2) is 6.10 Å². The summed E-state index contributed by atoms with van der Waals surface area (Å²) in [6, 6.07) is 7.03. The molecule has 2 aromatic rings. The summed E-state index contributed by atoms with van der Waals surface area (Å²) in [6.07, 6.45) is -1.25. The number of phenols is 1. The maximum absolute atomic E-state index is 13.5. The predicted octanol–water partition coefficient (Wildman–Crippen LogP) is 3.16. The number of esters is 1. The Morgan fingerprint density at radius 3 is 2.54 bits per heavy atom. The number of hydrogen-bond donors (Lipinski definition) is 2. The van der Waals surface area contributed by atoms with E-state index < -0.39 is 29.6 Å². The summed E-state index contributed by atoms with van der Waals surface area (Å²) < 4.78 is 31.3. The van der Waals surface area contributed by atoms with E-state index >= 15 is 0 Å². The van der Waals surface area contributed by atoms with Crippen LogP contribution in [-0.4, -0.2) is 23.1 Å². The Morgan fingerprint density at radius 1 is 1.17 bits per heavy atom. The van der Waals surface area contributed by atoms with E-state index in [1.54, 1.807) is 13.0 Å². The van der Waals surface area contributed by atoms with Crippen molar-refractivity contribution in [3.8, 4) is 5.75 Å². The first kappa shape index (κ1) is 17.4. The molecular weight excluding hydrogens is 320 g/mol. The number of halogens is 2. The zero-order chi connectivity index (χ0) is 17.9. The number of hydrogen-bond acceptors (Lipinski definition) is 4. The molecule has 0 aliphatic carbocycles. The Hall–Kier alpha value is -2.96. The maximum atomic E-state index is 13.5. The Labute approximate surface area is 136 Å². The SMILES string of the molecule is Cc1ccc(O)c(C(=O)O[C@@H](C)C(=O)Nc2ccc(F)cc2F)c1. The van der Waals surface area contributed by atoms with Gasteiger partial charge in [0, 0.05) is 6.07 Å². The highest BCUT2D eigenvalue weighted by molar-refractivity contribution is 5.98. The van der Waals surface area contributed by atoms with Gasteiger partial charge in [0.25, 0.3) is 5.91 Å². The van der Waals surface area contributed by atoms with E-state index in [1.807, 2.05) is 0 Å². The molecule has 0 saturated carbocycles. The van der Waals surface area contributed by atoms with Crippen LogP contribution in [0.1, 0.15) is 22.8 Å². The van der Waals surface area contributed by atoms with Crippen molar-refractivity contribution in [2.24, 2.45) is 0 Å². The topological polar surface area (TPSA) is 75.6 Å². The Balaban J connectivity index is 2.05. The van der Waals surface area contributed by atoms with E-state index in [0.717, 1.165) is 17.7 Å². The van der Waals surface area contributed by atoms with Crippen molar-refractivity contribution in [1.29, 1.82) is 0 Å². The first-order chi connectivity index (χ1) is 11.3. The summed E-state index contributed by atoms with van der Waals surface area (Å²) in [5, 5.41) is 11.9. The van der Waals surface area contributed by atoms with Gasteiger partial charge in [-0.3, -0.25) is 4.79 Å². The zero-order valence-electron chi connectivity index (χ0n) is 13.0. The fourth-order valence-electron chi connectivity index (χ4n) is 1.92. The smallest absolute Gasteiger partial charge is 0.342 e. The van der Waals surface area contributed by atoms with Crippen molar-refractivity contribution in [3.05, 3.63) is 59.2 Å². The standard InChI is InChI=1S/C17H15F2NO4/c1-9-3-6-15(21)12(7-9)17(23)24-10(2)16(22)20-14-5-4-11(18)8-13(14)19/h3-8,10,21H,1-2H3,(H,20,22)/t10-/m0/s1. The third-order valence-corrected chi connectivity index (χ3v) is 3.21. The largest absolute Gasteiger partial charge is 0.507 e. The number of rotatable bonds is 4. The van der Waals surface area contributed by atoms with Gasteiger partial charge in [-0.25, -0.2) is 13.6 Å². The van der Waals surface area contributed by atoms with Crippen LogP contribution < -0.4 is 5.32 Å². The summed E-state index contributed by atoms with van der Waals surface area (Å²) in [7, 11) is 0. The lowest BCUT2D eigenvalue weighted by Crippen LogP contribution is -2.30. The Morgan fingerprint density at radius 2 is 1.88 bits per heavy atom. The van der Waals surface area contributed by atoms with E-state index in [-0.39, 0.29) is 17.0 Å². The van der Waals surface area contributed by atoms with Crippen LogP contribution in [0.3, 0.4) is 0 Å². The summed E-state index contributed by atoms with van der Waals surface area (Å²) in [5.74, 6) is -3.68. The summed E-state index contributed by atoms with van der Waals surface area (Å²) >= 11 is 0. The molecule has 0 bridgehead atoms. The summed E-state index contributed by atoms with van der Waals surface area (Å²) in [6.45, 7) is 3.02. The number of carbonyl (C=O) groups excluding carboxylic acids is 2. The average Bonchev–Trinajstić information content (AvgIpc) is 2.52. The van der Waals surface area contributed by atoms with Crippen LogP contribution in [0.4, 0.5) is 14.5 Å². The van der Waals surface area contributed by atoms with Crippen molar-refractivity contribution in [2.45, 2.75) is 20.0 Å². The lowest BCUT2D eigenvalue weighted by Gasteiger charge is -2.14. The molecule has 0 unspecified atom stereocenters. The minimum absolute atomic E-state index is 0.0809. The Kier molecular flexibility index (Phi) is 5.13. The molecule has 0 aliphatic rings. The molecule has 1 amide bonds. The van der Waals surface area contributed by atoms with Gasteiger partial charge in [-0.15, -0.1) is 0 Å². The number of carbonyl (C=O) groups is 2. The normalized spacial score (nSPS) is 11.7.